The van der Waals surface area contributed by atoms with Gasteiger partial charge in [-0.3, -0.25) is 14.9 Å². The molecule has 1 N–H and O–H groups in total. The molecule has 2 heterocycles. The van der Waals surface area contributed by atoms with Gasteiger partial charge in [-0.15, -0.1) is 0 Å². The molecule has 0 spiro atoms. The summed E-state index contributed by atoms with van der Waals surface area (Å²) in [4.78, 5) is 39.1. The minimum atomic E-state index is -0.765. The number of nitrogens with one attached hydrogen (secondary N) is 1. The molecule has 4 amide bonds. The Bertz CT molecular complexity index is 1410. The van der Waals surface area contributed by atoms with E-state index in [4.69, 9.17) is 4.74 Å². The van der Waals surface area contributed by atoms with Crippen molar-refractivity contribution in [1.82, 2.24) is 9.88 Å². The molecular formula is C27H21N3O4. The zero-order valence-corrected chi connectivity index (χ0v) is 18.2. The fraction of sp³-hybridized carbons (Fsp3) is 0.0741. The number of carbonyl (C=O) groups excluding carboxylic acids is 3. The van der Waals surface area contributed by atoms with E-state index in [0.717, 1.165) is 21.6 Å². The van der Waals surface area contributed by atoms with E-state index in [1.807, 2.05) is 65.4 Å². The molecule has 1 aromatic heterocycles. The van der Waals surface area contributed by atoms with E-state index >= 15 is 0 Å². The van der Waals surface area contributed by atoms with Crippen LogP contribution in [0.5, 0.6) is 5.75 Å². The SMILES string of the molecule is O=C1NC(=O)N(c2ccccc2)C(=O)C1=Cc1cn(CCOc2ccccc2)c2ccccc12. The maximum atomic E-state index is 13.2. The van der Waals surface area contributed by atoms with Crippen LogP contribution in [0.3, 0.4) is 0 Å². The van der Waals surface area contributed by atoms with Crippen molar-refractivity contribution in [3.63, 3.8) is 0 Å². The van der Waals surface area contributed by atoms with Crippen LogP contribution in [0.15, 0.2) is 96.7 Å². The van der Waals surface area contributed by atoms with E-state index < -0.39 is 17.8 Å². The van der Waals surface area contributed by atoms with Crippen LogP contribution in [0.25, 0.3) is 17.0 Å². The number of fused-ring (bicyclic) bond motifs is 1. The van der Waals surface area contributed by atoms with Gasteiger partial charge in [-0.1, -0.05) is 54.6 Å². The van der Waals surface area contributed by atoms with Gasteiger partial charge in [0.1, 0.15) is 17.9 Å². The Morgan fingerprint density at radius 1 is 0.824 bits per heavy atom. The van der Waals surface area contributed by atoms with Gasteiger partial charge in [0.05, 0.1) is 12.2 Å². The zero-order valence-electron chi connectivity index (χ0n) is 18.2. The molecule has 34 heavy (non-hydrogen) atoms. The number of rotatable bonds is 6. The van der Waals surface area contributed by atoms with Gasteiger partial charge in [-0.2, -0.15) is 0 Å². The van der Waals surface area contributed by atoms with Gasteiger partial charge in [0.2, 0.25) is 0 Å². The summed E-state index contributed by atoms with van der Waals surface area (Å²) in [6.45, 7) is 1.03. The van der Waals surface area contributed by atoms with Crippen molar-refractivity contribution in [1.29, 1.82) is 0 Å². The van der Waals surface area contributed by atoms with Crippen LogP contribution in [-0.4, -0.2) is 29.0 Å². The van der Waals surface area contributed by atoms with Crippen molar-refractivity contribution in [2.24, 2.45) is 0 Å². The summed E-state index contributed by atoms with van der Waals surface area (Å²) < 4.78 is 7.85. The van der Waals surface area contributed by atoms with Gasteiger partial charge in [-0.05, 0) is 36.4 Å². The Morgan fingerprint density at radius 3 is 2.26 bits per heavy atom. The molecule has 7 heteroatoms. The number of ether oxygens (including phenoxy) is 1. The molecule has 0 unspecified atom stereocenters. The first kappa shape index (κ1) is 21.2. The van der Waals surface area contributed by atoms with Gasteiger partial charge in [-0.25, -0.2) is 9.69 Å². The second-order valence-electron chi connectivity index (χ2n) is 7.75. The summed E-state index contributed by atoms with van der Waals surface area (Å²) in [5, 5.41) is 3.16. The minimum Gasteiger partial charge on any atom is -0.492 e. The topological polar surface area (TPSA) is 80.6 Å². The number of imide groups is 2. The van der Waals surface area contributed by atoms with Crippen LogP contribution in [0, 0.1) is 0 Å². The number of urea groups is 1. The lowest BCUT2D eigenvalue weighted by atomic mass is 10.1. The first-order chi connectivity index (χ1) is 16.6. The summed E-state index contributed by atoms with van der Waals surface area (Å²) in [6, 6.07) is 25.1. The molecule has 3 aromatic carbocycles. The number of anilines is 1. The lowest BCUT2D eigenvalue weighted by Gasteiger charge is -2.26. The number of amides is 4. The van der Waals surface area contributed by atoms with Crippen molar-refractivity contribution in [3.05, 3.63) is 102 Å². The fourth-order valence-electron chi connectivity index (χ4n) is 3.98. The van der Waals surface area contributed by atoms with Gasteiger partial charge in [0, 0.05) is 22.7 Å². The first-order valence-electron chi connectivity index (χ1n) is 10.8. The highest BCUT2D eigenvalue weighted by Crippen LogP contribution is 2.26. The number of aromatic nitrogens is 1. The molecule has 0 radical (unpaired) electrons. The third kappa shape index (κ3) is 4.06. The maximum absolute atomic E-state index is 13.2. The van der Waals surface area contributed by atoms with Crippen molar-refractivity contribution in [2.75, 3.05) is 11.5 Å². The van der Waals surface area contributed by atoms with Crippen molar-refractivity contribution in [3.8, 4) is 5.75 Å². The lowest BCUT2D eigenvalue weighted by molar-refractivity contribution is -0.122. The number of hydrogen-bond acceptors (Lipinski definition) is 4. The minimum absolute atomic E-state index is 0.105. The molecule has 0 saturated carbocycles. The van der Waals surface area contributed by atoms with Crippen molar-refractivity contribution < 1.29 is 19.1 Å². The number of para-hydroxylation sites is 3. The standard InChI is InChI=1S/C27H21N3O4/c31-25-23(26(32)30(27(33)28-25)20-9-3-1-4-10-20)17-19-18-29(24-14-8-7-13-22(19)24)15-16-34-21-11-5-2-6-12-21/h1-14,17-18H,15-16H2,(H,28,31,33). The molecule has 4 aromatic rings. The molecule has 7 nitrogen and oxygen atoms in total. The predicted octanol–water partition coefficient (Wildman–Crippen LogP) is 4.39. The molecule has 168 valence electrons. The smallest absolute Gasteiger partial charge is 0.335 e. The lowest BCUT2D eigenvalue weighted by Crippen LogP contribution is -2.54. The van der Waals surface area contributed by atoms with Crippen molar-refractivity contribution in [2.45, 2.75) is 6.54 Å². The number of carbonyl (C=O) groups is 3. The molecular weight excluding hydrogens is 430 g/mol. The average Bonchev–Trinajstić information content (AvgIpc) is 3.20. The largest absolute Gasteiger partial charge is 0.492 e. The maximum Gasteiger partial charge on any atom is 0.335 e. The molecule has 5 rings (SSSR count). The van der Waals surface area contributed by atoms with E-state index in [1.54, 1.807) is 30.3 Å². The second-order valence-corrected chi connectivity index (χ2v) is 7.75. The highest BCUT2D eigenvalue weighted by Gasteiger charge is 2.36. The van der Waals surface area contributed by atoms with E-state index in [2.05, 4.69) is 5.32 Å². The Labute approximate surface area is 195 Å². The van der Waals surface area contributed by atoms with Crippen LogP contribution in [0.4, 0.5) is 10.5 Å². The predicted molar refractivity (Wildman–Crippen MR) is 129 cm³/mol. The molecule has 1 aliphatic rings. The summed E-state index contributed by atoms with van der Waals surface area (Å²) in [6.07, 6.45) is 3.42. The van der Waals surface area contributed by atoms with Gasteiger partial charge >= 0.3 is 6.03 Å². The van der Waals surface area contributed by atoms with Crippen LogP contribution < -0.4 is 15.0 Å². The summed E-state index contributed by atoms with van der Waals surface area (Å²) in [7, 11) is 0. The second kappa shape index (κ2) is 9.07. The van der Waals surface area contributed by atoms with E-state index in [9.17, 15) is 14.4 Å². The van der Waals surface area contributed by atoms with Crippen molar-refractivity contribution >= 4 is 40.5 Å². The Balaban J connectivity index is 1.46. The highest BCUT2D eigenvalue weighted by molar-refractivity contribution is 6.39. The first-order valence-corrected chi connectivity index (χ1v) is 10.8. The quantitative estimate of drug-likeness (QED) is 0.348. The molecule has 0 aliphatic carbocycles. The number of nitrogens with zero attached hydrogens (tertiary/aromatic N) is 2. The van der Waals surface area contributed by atoms with Crippen LogP contribution in [-0.2, 0) is 16.1 Å². The van der Waals surface area contributed by atoms with Gasteiger partial charge in [0.15, 0.2) is 0 Å². The van der Waals surface area contributed by atoms with Gasteiger partial charge < -0.3 is 9.30 Å². The monoisotopic (exact) mass is 451 g/mol. The Kier molecular flexibility index (Phi) is 5.66. The number of benzene rings is 3. The third-order valence-corrected chi connectivity index (χ3v) is 5.58. The fourth-order valence-corrected chi connectivity index (χ4v) is 3.98. The number of hydrogen-bond donors (Lipinski definition) is 1. The normalized spacial score (nSPS) is 15.1. The van der Waals surface area contributed by atoms with Crippen LogP contribution in [0.1, 0.15) is 5.56 Å². The third-order valence-electron chi connectivity index (χ3n) is 5.58. The van der Waals surface area contributed by atoms with E-state index in [1.165, 1.54) is 6.08 Å². The molecule has 0 atom stereocenters. The average molecular weight is 451 g/mol. The van der Waals surface area contributed by atoms with E-state index in [0.29, 0.717) is 24.4 Å². The summed E-state index contributed by atoms with van der Waals surface area (Å²) in [5.74, 6) is -0.591. The molecule has 1 fully saturated rings. The molecule has 1 aliphatic heterocycles. The molecule has 0 bridgehead atoms. The van der Waals surface area contributed by atoms with Crippen LogP contribution >= 0.6 is 0 Å². The van der Waals surface area contributed by atoms with E-state index in [-0.39, 0.29) is 5.57 Å². The Morgan fingerprint density at radius 2 is 1.50 bits per heavy atom. The Hall–Kier alpha value is -4.65. The van der Waals surface area contributed by atoms with Crippen LogP contribution in [0.2, 0.25) is 0 Å². The summed E-state index contributed by atoms with van der Waals surface area (Å²) in [5.41, 5.74) is 1.94. The zero-order chi connectivity index (χ0) is 23.5. The number of barbiturate groups is 1. The highest BCUT2D eigenvalue weighted by atomic mass is 16.5. The molecule has 1 saturated heterocycles. The summed E-state index contributed by atoms with van der Waals surface area (Å²) >= 11 is 0. The van der Waals surface area contributed by atoms with Gasteiger partial charge in [0.25, 0.3) is 11.8 Å².